The smallest absolute Gasteiger partial charge is 0.339 e. The van der Waals surface area contributed by atoms with Crippen molar-refractivity contribution in [3.8, 4) is 17.6 Å². The number of rotatable bonds is 9. The minimum atomic E-state index is -1.22. The van der Waals surface area contributed by atoms with Gasteiger partial charge in [-0.1, -0.05) is 24.1 Å². The molecule has 2 rings (SSSR count). The molecular formula is C21H22O7. The fraction of sp³-hybridized carbons (Fsp3) is 0.333. The van der Waals surface area contributed by atoms with Gasteiger partial charge in [-0.15, -0.1) is 0 Å². The molecule has 0 aliphatic heterocycles. The Balaban J connectivity index is 2.22. The molecule has 0 saturated carbocycles. The second-order valence-electron chi connectivity index (χ2n) is 5.86. The highest BCUT2D eigenvalue weighted by atomic mass is 16.5. The van der Waals surface area contributed by atoms with Crippen molar-refractivity contribution in [2.45, 2.75) is 18.9 Å². The van der Waals surface area contributed by atoms with E-state index in [4.69, 9.17) is 14.2 Å². The molecule has 0 heterocycles. The van der Waals surface area contributed by atoms with Crippen molar-refractivity contribution in [1.29, 1.82) is 0 Å². The monoisotopic (exact) mass is 386 g/mol. The summed E-state index contributed by atoms with van der Waals surface area (Å²) in [5.74, 6) is 3.40. The van der Waals surface area contributed by atoms with Gasteiger partial charge in [0.05, 0.1) is 18.8 Å². The molecule has 0 bridgehead atoms. The van der Waals surface area contributed by atoms with Gasteiger partial charge in [0.15, 0.2) is 5.60 Å². The maximum absolute atomic E-state index is 11.5. The van der Waals surface area contributed by atoms with Gasteiger partial charge in [0, 0.05) is 13.0 Å². The van der Waals surface area contributed by atoms with Crippen LogP contribution >= 0.6 is 0 Å². The fourth-order valence-electron chi connectivity index (χ4n) is 2.48. The van der Waals surface area contributed by atoms with E-state index in [1.54, 1.807) is 12.2 Å². The zero-order chi connectivity index (χ0) is 20.4. The summed E-state index contributed by atoms with van der Waals surface area (Å²) in [5, 5.41) is 18.6. The number of carboxylic acid groups (broad SMARTS) is 2. The first kappa shape index (κ1) is 21.2. The van der Waals surface area contributed by atoms with E-state index in [1.165, 1.54) is 18.2 Å². The van der Waals surface area contributed by atoms with E-state index in [-0.39, 0.29) is 23.5 Å². The van der Waals surface area contributed by atoms with Crippen LogP contribution in [0.1, 0.15) is 34.1 Å². The SMILES string of the molecule is CCOCCOCC#CC1(Oc2cc(C(=O)O)ccc2C(=O)O)C=CC=CC1. The third kappa shape index (κ3) is 5.98. The van der Waals surface area contributed by atoms with Crippen LogP contribution in [0.4, 0.5) is 0 Å². The standard InChI is InChI=1S/C21H22O7/c1-2-26-13-14-27-12-6-11-21(9-4-3-5-10-21)28-18-15-16(19(22)23)7-8-17(18)20(24)25/h3-5,7-9,15H,2,10,12-14H2,1H3,(H,22,23)(H,24,25). The van der Waals surface area contributed by atoms with Crippen molar-refractivity contribution in [3.05, 3.63) is 53.6 Å². The van der Waals surface area contributed by atoms with Crippen molar-refractivity contribution in [3.63, 3.8) is 0 Å². The number of hydrogen-bond acceptors (Lipinski definition) is 5. The average molecular weight is 386 g/mol. The van der Waals surface area contributed by atoms with Gasteiger partial charge in [0.25, 0.3) is 0 Å². The molecule has 0 amide bonds. The van der Waals surface area contributed by atoms with E-state index < -0.39 is 17.5 Å². The van der Waals surface area contributed by atoms with Crippen LogP contribution in [0.5, 0.6) is 5.75 Å². The minimum Gasteiger partial charge on any atom is -0.478 e. The molecule has 0 radical (unpaired) electrons. The van der Waals surface area contributed by atoms with Crippen molar-refractivity contribution >= 4 is 11.9 Å². The highest BCUT2D eigenvalue weighted by Gasteiger charge is 2.29. The molecule has 1 aliphatic rings. The Labute approximate surface area is 163 Å². The molecule has 0 saturated heterocycles. The lowest BCUT2D eigenvalue weighted by Gasteiger charge is -2.28. The van der Waals surface area contributed by atoms with Crippen LogP contribution < -0.4 is 4.74 Å². The fourth-order valence-corrected chi connectivity index (χ4v) is 2.48. The van der Waals surface area contributed by atoms with Crippen molar-refractivity contribution in [2.75, 3.05) is 26.4 Å². The summed E-state index contributed by atoms with van der Waals surface area (Å²) in [6, 6.07) is 3.63. The Morgan fingerprint density at radius 2 is 1.93 bits per heavy atom. The molecule has 1 atom stereocenters. The maximum atomic E-state index is 11.5. The molecule has 7 heteroatoms. The molecule has 0 aromatic heterocycles. The molecule has 0 spiro atoms. The van der Waals surface area contributed by atoms with E-state index in [9.17, 15) is 19.8 Å². The third-order valence-electron chi connectivity index (χ3n) is 3.84. The Bertz CT molecular complexity index is 829. The van der Waals surface area contributed by atoms with Crippen LogP contribution in [-0.2, 0) is 9.47 Å². The van der Waals surface area contributed by atoms with Gasteiger partial charge in [-0.05, 0) is 37.1 Å². The topological polar surface area (TPSA) is 102 Å². The molecule has 0 fully saturated rings. The number of aromatic carboxylic acids is 2. The van der Waals surface area contributed by atoms with Gasteiger partial charge in [-0.25, -0.2) is 9.59 Å². The number of ether oxygens (including phenoxy) is 3. The molecule has 148 valence electrons. The normalized spacial score (nSPS) is 17.6. The van der Waals surface area contributed by atoms with Crippen LogP contribution in [-0.4, -0.2) is 54.2 Å². The lowest BCUT2D eigenvalue weighted by molar-refractivity contribution is 0.0659. The van der Waals surface area contributed by atoms with Crippen LogP contribution in [0.3, 0.4) is 0 Å². The first-order chi connectivity index (χ1) is 13.5. The zero-order valence-electron chi connectivity index (χ0n) is 15.5. The predicted molar refractivity (Wildman–Crippen MR) is 102 cm³/mol. The zero-order valence-corrected chi connectivity index (χ0v) is 15.5. The largest absolute Gasteiger partial charge is 0.478 e. The highest BCUT2D eigenvalue weighted by molar-refractivity contribution is 5.94. The van der Waals surface area contributed by atoms with Crippen molar-refractivity contribution in [1.82, 2.24) is 0 Å². The van der Waals surface area contributed by atoms with Crippen LogP contribution in [0, 0.1) is 11.8 Å². The lowest BCUT2D eigenvalue weighted by atomic mass is 9.95. The van der Waals surface area contributed by atoms with Gasteiger partial charge in [-0.3, -0.25) is 0 Å². The van der Waals surface area contributed by atoms with Crippen LogP contribution in [0.25, 0.3) is 0 Å². The quantitative estimate of drug-likeness (QED) is 0.497. The molecule has 1 aromatic carbocycles. The molecule has 1 aromatic rings. The first-order valence-corrected chi connectivity index (χ1v) is 8.77. The predicted octanol–water partition coefficient (Wildman–Crippen LogP) is 2.77. The Hall–Kier alpha value is -3.08. The summed E-state index contributed by atoms with van der Waals surface area (Å²) in [4.78, 5) is 22.7. The number of carbonyl (C=O) groups is 2. The number of carboxylic acids is 2. The summed E-state index contributed by atoms with van der Waals surface area (Å²) < 4.78 is 16.5. The molecule has 2 N–H and O–H groups in total. The van der Waals surface area contributed by atoms with Crippen molar-refractivity contribution < 1.29 is 34.0 Å². The molecule has 28 heavy (non-hydrogen) atoms. The molecular weight excluding hydrogens is 364 g/mol. The number of hydrogen-bond donors (Lipinski definition) is 2. The number of allylic oxidation sites excluding steroid dienone is 2. The summed E-state index contributed by atoms with van der Waals surface area (Å²) in [6.45, 7) is 3.57. The van der Waals surface area contributed by atoms with E-state index in [2.05, 4.69) is 11.8 Å². The van der Waals surface area contributed by atoms with Gasteiger partial charge >= 0.3 is 11.9 Å². The average Bonchev–Trinajstić information content (AvgIpc) is 2.67. The van der Waals surface area contributed by atoms with E-state index in [0.717, 1.165) is 0 Å². The molecule has 7 nitrogen and oxygen atoms in total. The third-order valence-corrected chi connectivity index (χ3v) is 3.84. The second kappa shape index (κ2) is 10.3. The highest BCUT2D eigenvalue weighted by Crippen LogP contribution is 2.29. The van der Waals surface area contributed by atoms with Gasteiger partial charge in [0.2, 0.25) is 0 Å². The van der Waals surface area contributed by atoms with Gasteiger partial charge < -0.3 is 24.4 Å². The van der Waals surface area contributed by atoms with E-state index in [0.29, 0.717) is 26.2 Å². The van der Waals surface area contributed by atoms with E-state index >= 15 is 0 Å². The summed E-state index contributed by atoms with van der Waals surface area (Å²) >= 11 is 0. The van der Waals surface area contributed by atoms with E-state index in [1.807, 2.05) is 19.1 Å². The van der Waals surface area contributed by atoms with Gasteiger partial charge in [0.1, 0.15) is 17.9 Å². The Morgan fingerprint density at radius 1 is 1.14 bits per heavy atom. The van der Waals surface area contributed by atoms with Gasteiger partial charge in [-0.2, -0.15) is 0 Å². The first-order valence-electron chi connectivity index (χ1n) is 8.77. The summed E-state index contributed by atoms with van der Waals surface area (Å²) in [5.41, 5.74) is -1.32. The lowest BCUT2D eigenvalue weighted by Crippen LogP contribution is -2.33. The summed E-state index contributed by atoms with van der Waals surface area (Å²) in [7, 11) is 0. The maximum Gasteiger partial charge on any atom is 0.339 e. The summed E-state index contributed by atoms with van der Waals surface area (Å²) in [6.07, 6.45) is 7.50. The Kier molecular flexibility index (Phi) is 7.81. The molecule has 1 aliphatic carbocycles. The minimum absolute atomic E-state index is 0.0566. The Morgan fingerprint density at radius 3 is 2.57 bits per heavy atom. The molecule has 1 unspecified atom stereocenters. The second-order valence-corrected chi connectivity index (χ2v) is 5.86. The number of benzene rings is 1. The van der Waals surface area contributed by atoms with Crippen molar-refractivity contribution in [2.24, 2.45) is 0 Å². The van der Waals surface area contributed by atoms with Crippen LogP contribution in [0.2, 0.25) is 0 Å². The van der Waals surface area contributed by atoms with Crippen LogP contribution in [0.15, 0.2) is 42.5 Å².